The Labute approximate surface area is 106 Å². The predicted molar refractivity (Wildman–Crippen MR) is 66.9 cm³/mol. The van der Waals surface area contributed by atoms with E-state index in [-0.39, 0.29) is 11.9 Å². The SMILES string of the molecule is CNC(=O)NC(=O)C(C)NC(C)Cn1ccnc1. The van der Waals surface area contributed by atoms with E-state index in [1.165, 1.54) is 7.05 Å². The van der Waals surface area contributed by atoms with Crippen molar-refractivity contribution in [2.24, 2.45) is 0 Å². The molecule has 2 atom stereocenters. The van der Waals surface area contributed by atoms with Gasteiger partial charge in [0.15, 0.2) is 0 Å². The first-order valence-corrected chi connectivity index (χ1v) is 5.77. The Morgan fingerprint density at radius 1 is 1.39 bits per heavy atom. The summed E-state index contributed by atoms with van der Waals surface area (Å²) >= 11 is 0. The first-order valence-electron chi connectivity index (χ1n) is 5.77. The van der Waals surface area contributed by atoms with Crippen LogP contribution in [0.1, 0.15) is 13.8 Å². The molecule has 0 saturated carbocycles. The first kappa shape index (κ1) is 14.2. The van der Waals surface area contributed by atoms with Crippen molar-refractivity contribution in [1.82, 2.24) is 25.5 Å². The molecule has 0 spiro atoms. The third-order valence-electron chi connectivity index (χ3n) is 2.44. The normalized spacial score (nSPS) is 13.7. The topological polar surface area (TPSA) is 88.0 Å². The molecule has 0 saturated heterocycles. The lowest BCUT2D eigenvalue weighted by Gasteiger charge is -2.19. The second-order valence-electron chi connectivity index (χ2n) is 4.12. The Kier molecular flexibility index (Phi) is 5.31. The van der Waals surface area contributed by atoms with Gasteiger partial charge in [0.05, 0.1) is 12.4 Å². The summed E-state index contributed by atoms with van der Waals surface area (Å²) < 4.78 is 1.92. The van der Waals surface area contributed by atoms with Crippen LogP contribution in [-0.2, 0) is 11.3 Å². The minimum atomic E-state index is -0.504. The lowest BCUT2D eigenvalue weighted by molar-refractivity contribution is -0.121. The molecule has 7 heteroatoms. The van der Waals surface area contributed by atoms with Crippen molar-refractivity contribution < 1.29 is 9.59 Å². The zero-order valence-electron chi connectivity index (χ0n) is 10.8. The van der Waals surface area contributed by atoms with Gasteiger partial charge in [-0.1, -0.05) is 0 Å². The van der Waals surface area contributed by atoms with Crippen LogP contribution in [0.5, 0.6) is 0 Å². The number of carbonyl (C=O) groups excluding carboxylic acids is 2. The maximum absolute atomic E-state index is 11.6. The summed E-state index contributed by atoms with van der Waals surface area (Å²) in [4.78, 5) is 26.5. The monoisotopic (exact) mass is 253 g/mol. The van der Waals surface area contributed by atoms with Crippen LogP contribution >= 0.6 is 0 Å². The van der Waals surface area contributed by atoms with E-state index in [4.69, 9.17) is 0 Å². The third kappa shape index (κ3) is 4.54. The fourth-order valence-electron chi connectivity index (χ4n) is 1.55. The number of imide groups is 1. The third-order valence-corrected chi connectivity index (χ3v) is 2.44. The van der Waals surface area contributed by atoms with Gasteiger partial charge in [0.25, 0.3) is 0 Å². The molecule has 0 fully saturated rings. The molecule has 0 aliphatic heterocycles. The first-order chi connectivity index (χ1) is 8.52. The fourth-order valence-corrected chi connectivity index (χ4v) is 1.55. The van der Waals surface area contributed by atoms with Crippen molar-refractivity contribution in [3.8, 4) is 0 Å². The van der Waals surface area contributed by atoms with Crippen molar-refractivity contribution in [3.05, 3.63) is 18.7 Å². The predicted octanol–water partition coefficient (Wildman–Crippen LogP) is -0.295. The van der Waals surface area contributed by atoms with Crippen molar-refractivity contribution in [2.75, 3.05) is 7.05 Å². The number of rotatable bonds is 5. The van der Waals surface area contributed by atoms with Crippen LogP contribution in [0.4, 0.5) is 4.79 Å². The molecule has 2 unspecified atom stereocenters. The number of aromatic nitrogens is 2. The van der Waals surface area contributed by atoms with Gasteiger partial charge in [-0.3, -0.25) is 10.1 Å². The lowest BCUT2D eigenvalue weighted by Crippen LogP contribution is -2.50. The zero-order valence-corrected chi connectivity index (χ0v) is 10.8. The summed E-state index contributed by atoms with van der Waals surface area (Å²) in [6.07, 6.45) is 5.27. The van der Waals surface area contributed by atoms with E-state index in [1.807, 2.05) is 17.7 Å². The highest BCUT2D eigenvalue weighted by Crippen LogP contribution is 1.94. The molecule has 7 nitrogen and oxygen atoms in total. The van der Waals surface area contributed by atoms with E-state index in [9.17, 15) is 9.59 Å². The minimum absolute atomic E-state index is 0.0876. The number of urea groups is 1. The minimum Gasteiger partial charge on any atom is -0.341 e. The molecule has 100 valence electrons. The van der Waals surface area contributed by atoms with Crippen LogP contribution in [0.25, 0.3) is 0 Å². The molecular formula is C11H19N5O2. The quantitative estimate of drug-likeness (QED) is 0.672. The van der Waals surface area contributed by atoms with E-state index < -0.39 is 12.1 Å². The van der Waals surface area contributed by atoms with E-state index in [1.54, 1.807) is 19.4 Å². The second kappa shape index (κ2) is 6.75. The average Bonchev–Trinajstić information content (AvgIpc) is 2.81. The number of amides is 3. The van der Waals surface area contributed by atoms with E-state index in [0.29, 0.717) is 6.54 Å². The van der Waals surface area contributed by atoms with Gasteiger partial charge in [-0.05, 0) is 13.8 Å². The molecule has 0 radical (unpaired) electrons. The Morgan fingerprint density at radius 2 is 2.11 bits per heavy atom. The van der Waals surface area contributed by atoms with Crippen LogP contribution < -0.4 is 16.0 Å². The Hall–Kier alpha value is -1.89. The molecule has 0 aliphatic carbocycles. The molecular weight excluding hydrogens is 234 g/mol. The maximum Gasteiger partial charge on any atom is 0.321 e. The maximum atomic E-state index is 11.6. The van der Waals surface area contributed by atoms with Crippen LogP contribution in [0.2, 0.25) is 0 Å². The number of hydrogen-bond donors (Lipinski definition) is 3. The molecule has 1 aromatic heterocycles. The zero-order chi connectivity index (χ0) is 13.5. The van der Waals surface area contributed by atoms with Crippen molar-refractivity contribution in [1.29, 1.82) is 0 Å². The summed E-state index contributed by atoms with van der Waals surface area (Å²) in [5, 5.41) is 7.66. The molecule has 1 aromatic rings. The van der Waals surface area contributed by atoms with Gasteiger partial charge in [-0.2, -0.15) is 0 Å². The highest BCUT2D eigenvalue weighted by molar-refractivity contribution is 5.96. The van der Waals surface area contributed by atoms with Gasteiger partial charge in [0.1, 0.15) is 0 Å². The number of carbonyl (C=O) groups is 2. The molecule has 18 heavy (non-hydrogen) atoms. The molecule has 0 bridgehead atoms. The highest BCUT2D eigenvalue weighted by Gasteiger charge is 2.17. The van der Waals surface area contributed by atoms with Crippen LogP contribution in [0.15, 0.2) is 18.7 Å². The summed E-state index contributed by atoms with van der Waals surface area (Å²) in [5.74, 6) is -0.355. The van der Waals surface area contributed by atoms with Gasteiger partial charge in [0.2, 0.25) is 5.91 Å². The van der Waals surface area contributed by atoms with Gasteiger partial charge in [0, 0.05) is 32.0 Å². The molecule has 3 N–H and O–H groups in total. The number of hydrogen-bond acceptors (Lipinski definition) is 4. The lowest BCUT2D eigenvalue weighted by atomic mass is 10.2. The molecule has 1 rings (SSSR count). The summed E-state index contributed by atoms with van der Waals surface area (Å²) in [6, 6.07) is -0.860. The fraction of sp³-hybridized carbons (Fsp3) is 0.545. The van der Waals surface area contributed by atoms with E-state index in [0.717, 1.165) is 0 Å². The Bertz CT molecular complexity index is 390. The summed E-state index contributed by atoms with van der Waals surface area (Å²) in [5.41, 5.74) is 0. The van der Waals surface area contributed by atoms with Gasteiger partial charge >= 0.3 is 6.03 Å². The van der Waals surface area contributed by atoms with Gasteiger partial charge < -0.3 is 15.2 Å². The van der Waals surface area contributed by atoms with E-state index in [2.05, 4.69) is 20.9 Å². The van der Waals surface area contributed by atoms with Gasteiger partial charge in [-0.15, -0.1) is 0 Å². The van der Waals surface area contributed by atoms with Crippen LogP contribution in [-0.4, -0.2) is 40.6 Å². The van der Waals surface area contributed by atoms with Crippen molar-refractivity contribution in [2.45, 2.75) is 32.5 Å². The Morgan fingerprint density at radius 3 is 2.67 bits per heavy atom. The summed E-state index contributed by atoms with van der Waals surface area (Å²) in [7, 11) is 1.46. The van der Waals surface area contributed by atoms with Crippen molar-refractivity contribution >= 4 is 11.9 Å². The molecule has 0 aromatic carbocycles. The summed E-state index contributed by atoms with van der Waals surface area (Å²) in [6.45, 7) is 4.38. The molecule has 3 amide bonds. The number of imidazole rings is 1. The Balaban J connectivity index is 2.36. The standard InChI is InChI=1S/C11H19N5O2/c1-8(6-16-5-4-13-7-16)14-9(2)10(17)15-11(18)12-3/h4-5,7-9,14H,6H2,1-3H3,(H2,12,15,17,18). The van der Waals surface area contributed by atoms with E-state index >= 15 is 0 Å². The highest BCUT2D eigenvalue weighted by atomic mass is 16.2. The van der Waals surface area contributed by atoms with Crippen LogP contribution in [0.3, 0.4) is 0 Å². The largest absolute Gasteiger partial charge is 0.341 e. The number of nitrogens with zero attached hydrogens (tertiary/aromatic N) is 2. The van der Waals surface area contributed by atoms with Gasteiger partial charge in [-0.25, -0.2) is 9.78 Å². The average molecular weight is 253 g/mol. The second-order valence-corrected chi connectivity index (χ2v) is 4.12. The smallest absolute Gasteiger partial charge is 0.321 e. The number of nitrogens with one attached hydrogen (secondary N) is 3. The molecule has 1 heterocycles. The van der Waals surface area contributed by atoms with Crippen molar-refractivity contribution in [3.63, 3.8) is 0 Å². The van der Waals surface area contributed by atoms with Crippen LogP contribution in [0, 0.1) is 0 Å². The molecule has 0 aliphatic rings.